The van der Waals surface area contributed by atoms with Crippen molar-refractivity contribution in [3.63, 3.8) is 0 Å². The van der Waals surface area contributed by atoms with Gasteiger partial charge in [0.1, 0.15) is 5.54 Å². The molecular weight excluding hydrogens is 276 g/mol. The second-order valence-electron chi connectivity index (χ2n) is 6.84. The fraction of sp³-hybridized carbons (Fsp3) is 0.765. The average molecular weight is 304 g/mol. The van der Waals surface area contributed by atoms with Crippen LogP contribution in [0.3, 0.4) is 0 Å². The molecule has 2 N–H and O–H groups in total. The van der Waals surface area contributed by atoms with Gasteiger partial charge in [-0.05, 0) is 50.8 Å². The first-order valence-electron chi connectivity index (χ1n) is 8.76. The molecule has 1 aromatic heterocycles. The Morgan fingerprint density at radius 2 is 2.23 bits per heavy atom. The molecule has 1 aliphatic carbocycles. The van der Waals surface area contributed by atoms with Gasteiger partial charge in [0.25, 0.3) is 0 Å². The molecule has 3 rings (SSSR count). The zero-order valence-corrected chi connectivity index (χ0v) is 13.6. The molecule has 2 unspecified atom stereocenters. The van der Waals surface area contributed by atoms with Gasteiger partial charge in [-0.3, -0.25) is 9.48 Å². The Morgan fingerprint density at radius 1 is 1.41 bits per heavy atom. The molecule has 1 aromatic rings. The van der Waals surface area contributed by atoms with E-state index in [1.54, 1.807) is 6.20 Å². The zero-order valence-electron chi connectivity index (χ0n) is 13.6. The van der Waals surface area contributed by atoms with E-state index in [1.807, 2.05) is 16.9 Å². The molecule has 5 heteroatoms. The van der Waals surface area contributed by atoms with Crippen molar-refractivity contribution in [3.05, 3.63) is 18.5 Å². The Hall–Kier alpha value is -1.36. The smallest absolute Gasteiger partial charge is 0.248 e. The molecule has 1 saturated carbocycles. The molecule has 2 atom stereocenters. The largest absolute Gasteiger partial charge is 0.351 e. The lowest BCUT2D eigenvalue weighted by molar-refractivity contribution is -0.133. The molecule has 0 radical (unpaired) electrons. The SMILES string of the molecule is CCC1CCCC(NC(=O)C2(n3cccn3)CCNCC2)C1. The lowest BCUT2D eigenvalue weighted by atomic mass is 9.82. The van der Waals surface area contributed by atoms with E-state index in [0.717, 1.165) is 44.7 Å². The quantitative estimate of drug-likeness (QED) is 0.895. The van der Waals surface area contributed by atoms with Crippen LogP contribution < -0.4 is 10.6 Å². The molecule has 0 spiro atoms. The Balaban J connectivity index is 1.72. The molecule has 1 amide bonds. The molecule has 122 valence electrons. The number of hydrogen-bond donors (Lipinski definition) is 2. The molecule has 2 fully saturated rings. The summed E-state index contributed by atoms with van der Waals surface area (Å²) in [6, 6.07) is 2.25. The highest BCUT2D eigenvalue weighted by Crippen LogP contribution is 2.30. The number of carbonyl (C=O) groups excluding carboxylic acids is 1. The van der Waals surface area contributed by atoms with Crippen LogP contribution in [-0.2, 0) is 10.3 Å². The Bertz CT molecular complexity index is 479. The Morgan fingerprint density at radius 3 is 2.91 bits per heavy atom. The lowest BCUT2D eigenvalue weighted by Gasteiger charge is -2.38. The van der Waals surface area contributed by atoms with Crippen molar-refractivity contribution in [1.82, 2.24) is 20.4 Å². The van der Waals surface area contributed by atoms with Crippen molar-refractivity contribution in [3.8, 4) is 0 Å². The van der Waals surface area contributed by atoms with Crippen molar-refractivity contribution in [1.29, 1.82) is 0 Å². The average Bonchev–Trinajstić information content (AvgIpc) is 3.10. The highest BCUT2D eigenvalue weighted by molar-refractivity contribution is 5.84. The third-order valence-electron chi connectivity index (χ3n) is 5.49. The highest BCUT2D eigenvalue weighted by Gasteiger charge is 2.42. The molecule has 2 aliphatic rings. The first kappa shape index (κ1) is 15.5. The van der Waals surface area contributed by atoms with Crippen LogP contribution in [0.15, 0.2) is 18.5 Å². The fourth-order valence-electron chi connectivity index (χ4n) is 4.04. The summed E-state index contributed by atoms with van der Waals surface area (Å²) in [6.45, 7) is 4.00. The standard InChI is InChI=1S/C17H28N4O/c1-2-14-5-3-6-15(13-14)20-16(22)17(7-10-18-11-8-17)21-12-4-9-19-21/h4,9,12,14-15,18H,2-3,5-8,10-11,13H2,1H3,(H,20,22). The summed E-state index contributed by atoms with van der Waals surface area (Å²) in [5.41, 5.74) is -0.506. The predicted octanol–water partition coefficient (Wildman–Crippen LogP) is 2.05. The van der Waals surface area contributed by atoms with Gasteiger partial charge in [-0.15, -0.1) is 0 Å². The molecule has 22 heavy (non-hydrogen) atoms. The number of nitrogens with zero attached hydrogens (tertiary/aromatic N) is 2. The summed E-state index contributed by atoms with van der Waals surface area (Å²) in [7, 11) is 0. The first-order valence-corrected chi connectivity index (χ1v) is 8.76. The van der Waals surface area contributed by atoms with E-state index in [4.69, 9.17) is 0 Å². The van der Waals surface area contributed by atoms with Crippen molar-refractivity contribution in [2.24, 2.45) is 5.92 Å². The first-order chi connectivity index (χ1) is 10.7. The fourth-order valence-corrected chi connectivity index (χ4v) is 4.04. The summed E-state index contributed by atoms with van der Waals surface area (Å²) < 4.78 is 1.88. The number of carbonyl (C=O) groups is 1. The van der Waals surface area contributed by atoms with Gasteiger partial charge in [-0.1, -0.05) is 26.2 Å². The lowest BCUT2D eigenvalue weighted by Crippen LogP contribution is -2.56. The van der Waals surface area contributed by atoms with Crippen LogP contribution in [0, 0.1) is 5.92 Å². The van der Waals surface area contributed by atoms with E-state index >= 15 is 0 Å². The van der Waals surface area contributed by atoms with Crippen molar-refractivity contribution in [2.45, 2.75) is 63.5 Å². The maximum atomic E-state index is 13.1. The van der Waals surface area contributed by atoms with Gasteiger partial charge in [0, 0.05) is 18.4 Å². The van der Waals surface area contributed by atoms with Crippen LogP contribution in [-0.4, -0.2) is 34.8 Å². The van der Waals surface area contributed by atoms with Crippen LogP contribution in [0.4, 0.5) is 0 Å². The summed E-state index contributed by atoms with van der Waals surface area (Å²) in [6.07, 6.45) is 11.4. The predicted molar refractivity (Wildman–Crippen MR) is 86.5 cm³/mol. The van der Waals surface area contributed by atoms with E-state index in [1.165, 1.54) is 19.3 Å². The van der Waals surface area contributed by atoms with Gasteiger partial charge in [-0.25, -0.2) is 0 Å². The summed E-state index contributed by atoms with van der Waals surface area (Å²) in [4.78, 5) is 13.1. The van der Waals surface area contributed by atoms with Crippen molar-refractivity contribution < 1.29 is 4.79 Å². The summed E-state index contributed by atoms with van der Waals surface area (Å²) >= 11 is 0. The normalized spacial score (nSPS) is 28.2. The molecule has 1 saturated heterocycles. The number of aromatic nitrogens is 2. The molecule has 2 heterocycles. The monoisotopic (exact) mass is 304 g/mol. The second kappa shape index (κ2) is 6.82. The Labute approximate surface area is 132 Å². The minimum absolute atomic E-state index is 0.166. The molecule has 0 aromatic carbocycles. The zero-order chi connectivity index (χ0) is 15.4. The van der Waals surface area contributed by atoms with Crippen LogP contribution >= 0.6 is 0 Å². The number of hydrogen-bond acceptors (Lipinski definition) is 3. The third kappa shape index (κ3) is 3.05. The van der Waals surface area contributed by atoms with Crippen LogP contribution in [0.1, 0.15) is 51.9 Å². The molecule has 0 bridgehead atoms. The van der Waals surface area contributed by atoms with E-state index < -0.39 is 5.54 Å². The highest BCUT2D eigenvalue weighted by atomic mass is 16.2. The minimum atomic E-state index is -0.506. The number of amides is 1. The Kier molecular flexibility index (Phi) is 4.81. The van der Waals surface area contributed by atoms with Crippen molar-refractivity contribution in [2.75, 3.05) is 13.1 Å². The van der Waals surface area contributed by atoms with E-state index in [2.05, 4.69) is 22.7 Å². The van der Waals surface area contributed by atoms with Gasteiger partial charge >= 0.3 is 0 Å². The maximum absolute atomic E-state index is 13.1. The van der Waals surface area contributed by atoms with Gasteiger partial charge in [0.05, 0.1) is 0 Å². The molecule has 1 aliphatic heterocycles. The molecular formula is C17H28N4O. The van der Waals surface area contributed by atoms with Gasteiger partial charge in [0.15, 0.2) is 0 Å². The van der Waals surface area contributed by atoms with Crippen molar-refractivity contribution >= 4 is 5.91 Å². The van der Waals surface area contributed by atoms with Crippen LogP contribution in [0.25, 0.3) is 0 Å². The van der Waals surface area contributed by atoms with E-state index in [-0.39, 0.29) is 5.91 Å². The number of rotatable bonds is 4. The van der Waals surface area contributed by atoms with Gasteiger partial charge in [0.2, 0.25) is 5.91 Å². The van der Waals surface area contributed by atoms with Crippen LogP contribution in [0.5, 0.6) is 0 Å². The summed E-state index contributed by atoms with van der Waals surface area (Å²) in [5.74, 6) is 0.937. The third-order valence-corrected chi connectivity index (χ3v) is 5.49. The van der Waals surface area contributed by atoms with E-state index in [0.29, 0.717) is 6.04 Å². The maximum Gasteiger partial charge on any atom is 0.248 e. The molecule has 5 nitrogen and oxygen atoms in total. The van der Waals surface area contributed by atoms with Gasteiger partial charge in [-0.2, -0.15) is 5.10 Å². The number of piperidine rings is 1. The second-order valence-corrected chi connectivity index (χ2v) is 6.84. The number of nitrogens with one attached hydrogen (secondary N) is 2. The topological polar surface area (TPSA) is 59.0 Å². The van der Waals surface area contributed by atoms with Crippen LogP contribution in [0.2, 0.25) is 0 Å². The summed E-state index contributed by atoms with van der Waals surface area (Å²) in [5, 5.41) is 11.1. The van der Waals surface area contributed by atoms with E-state index in [9.17, 15) is 4.79 Å². The van der Waals surface area contributed by atoms with Gasteiger partial charge < -0.3 is 10.6 Å². The minimum Gasteiger partial charge on any atom is -0.351 e.